The van der Waals surface area contributed by atoms with Crippen molar-refractivity contribution >= 4 is 39.9 Å². The number of ether oxygens (including phenoxy) is 2. The van der Waals surface area contributed by atoms with Crippen LogP contribution in [0.15, 0.2) is 67.1 Å². The monoisotopic (exact) mass is 561 g/mol. The number of likely N-dealkylation sites (tertiary alicyclic amines) is 1. The molecule has 9 nitrogen and oxygen atoms in total. The van der Waals surface area contributed by atoms with Crippen LogP contribution in [0.5, 0.6) is 11.5 Å². The van der Waals surface area contributed by atoms with E-state index in [9.17, 15) is 9.90 Å². The number of amides is 1. The number of carbonyl (C=O) groups is 1. The van der Waals surface area contributed by atoms with Gasteiger partial charge in [0.15, 0.2) is 0 Å². The number of nitrogens with one attached hydrogen (secondary N) is 1. The molecule has 3 heterocycles. The van der Waals surface area contributed by atoms with Gasteiger partial charge in [0, 0.05) is 18.4 Å². The fourth-order valence-electron chi connectivity index (χ4n) is 4.68. The molecule has 1 aliphatic rings. The molecule has 2 aromatic carbocycles. The van der Waals surface area contributed by atoms with Crippen LogP contribution >= 0.6 is 11.6 Å². The average molecular weight is 562 g/mol. The first-order valence-corrected chi connectivity index (χ1v) is 13.6. The van der Waals surface area contributed by atoms with Crippen LogP contribution in [0, 0.1) is 5.41 Å². The first kappa shape index (κ1) is 27.6. The number of hydrogen-bond donors (Lipinski definition) is 2. The van der Waals surface area contributed by atoms with Crippen molar-refractivity contribution in [1.82, 2.24) is 19.9 Å². The van der Waals surface area contributed by atoms with E-state index in [1.54, 1.807) is 32.2 Å². The molecule has 0 bridgehead atoms. The van der Waals surface area contributed by atoms with Crippen molar-refractivity contribution in [3.8, 4) is 11.5 Å². The Balaban J connectivity index is 1.32. The van der Waals surface area contributed by atoms with E-state index in [0.29, 0.717) is 42.1 Å². The molecular weight excluding hydrogens is 530 g/mol. The number of halogens is 1. The summed E-state index contributed by atoms with van der Waals surface area (Å²) in [5, 5.41) is 14.2. The number of nitrogens with zero attached hydrogens (tertiary/aromatic N) is 4. The van der Waals surface area contributed by atoms with Crippen LogP contribution in [0.3, 0.4) is 0 Å². The summed E-state index contributed by atoms with van der Waals surface area (Å²) in [7, 11) is 0. The van der Waals surface area contributed by atoms with Gasteiger partial charge in [0.1, 0.15) is 36.9 Å². The Hall–Kier alpha value is -3.95. The van der Waals surface area contributed by atoms with E-state index >= 15 is 0 Å². The third kappa shape index (κ3) is 6.11. The lowest BCUT2D eigenvalue weighted by Gasteiger charge is -2.32. The van der Waals surface area contributed by atoms with Crippen molar-refractivity contribution in [3.05, 3.63) is 77.8 Å². The second kappa shape index (κ2) is 12.1. The lowest BCUT2D eigenvalue weighted by molar-refractivity contribution is -0.143. The number of aliphatic hydroxyl groups excluding tert-OH is 1. The van der Waals surface area contributed by atoms with Crippen LogP contribution < -0.4 is 14.8 Å². The zero-order valence-corrected chi connectivity index (χ0v) is 23.3. The third-order valence-corrected chi connectivity index (χ3v) is 7.26. The molecule has 40 heavy (non-hydrogen) atoms. The van der Waals surface area contributed by atoms with Gasteiger partial charge in [0.25, 0.3) is 0 Å². The third-order valence-electron chi connectivity index (χ3n) is 6.96. The number of aliphatic hydroxyl groups is 1. The predicted molar refractivity (Wildman–Crippen MR) is 154 cm³/mol. The predicted octanol–water partition coefficient (Wildman–Crippen LogP) is 5.39. The van der Waals surface area contributed by atoms with Crippen LogP contribution in [0.25, 0.3) is 10.9 Å². The molecule has 1 fully saturated rings. The highest BCUT2D eigenvalue weighted by molar-refractivity contribution is 6.32. The van der Waals surface area contributed by atoms with Gasteiger partial charge in [-0.3, -0.25) is 9.78 Å². The summed E-state index contributed by atoms with van der Waals surface area (Å²) in [5.74, 6) is 1.67. The van der Waals surface area contributed by atoms with Gasteiger partial charge < -0.3 is 24.8 Å². The smallest absolute Gasteiger partial charge is 0.230 e. The van der Waals surface area contributed by atoms with Crippen molar-refractivity contribution in [2.75, 3.05) is 25.1 Å². The van der Waals surface area contributed by atoms with Crippen molar-refractivity contribution in [3.63, 3.8) is 0 Å². The average Bonchev–Trinajstić information content (AvgIpc) is 3.44. The summed E-state index contributed by atoms with van der Waals surface area (Å²) in [4.78, 5) is 28.0. The highest BCUT2D eigenvalue weighted by atomic mass is 35.5. The number of fused-ring (bicyclic) bond motifs is 1. The lowest BCUT2D eigenvalue weighted by atomic mass is 9.92. The molecule has 0 radical (unpaired) electrons. The van der Waals surface area contributed by atoms with E-state index < -0.39 is 5.41 Å². The number of pyridine rings is 1. The topological polar surface area (TPSA) is 110 Å². The molecule has 0 aliphatic carbocycles. The summed E-state index contributed by atoms with van der Waals surface area (Å²) in [6, 6.07) is 16.7. The van der Waals surface area contributed by atoms with Gasteiger partial charge in [0.2, 0.25) is 5.91 Å². The molecule has 0 saturated carbocycles. The van der Waals surface area contributed by atoms with E-state index in [2.05, 4.69) is 20.3 Å². The molecule has 1 amide bonds. The molecule has 0 spiro atoms. The first-order valence-electron chi connectivity index (χ1n) is 13.2. The Bertz CT molecular complexity index is 1480. The molecule has 208 valence electrons. The zero-order valence-electron chi connectivity index (χ0n) is 22.5. The minimum atomic E-state index is -0.826. The second-order valence-corrected chi connectivity index (χ2v) is 10.8. The molecule has 1 unspecified atom stereocenters. The highest BCUT2D eigenvalue weighted by Crippen LogP contribution is 2.35. The molecule has 10 heteroatoms. The number of carbonyl (C=O) groups excluding carboxylic acids is 1. The highest BCUT2D eigenvalue weighted by Gasteiger charge is 2.37. The van der Waals surface area contributed by atoms with Gasteiger partial charge in [-0.2, -0.15) is 0 Å². The SMILES string of the molecule is CC(C)(CO)C(=O)N1CCCC1COc1cccc2ncnc(Nc3ccc(OCc4ccccn4)c(Cl)c3)c12. The molecular formula is C30H32ClN5O4. The van der Waals surface area contributed by atoms with Crippen LogP contribution in [0.1, 0.15) is 32.4 Å². The van der Waals surface area contributed by atoms with Crippen LogP contribution in [-0.4, -0.2) is 56.7 Å². The van der Waals surface area contributed by atoms with Gasteiger partial charge in [-0.15, -0.1) is 0 Å². The Morgan fingerprint density at radius 1 is 1.10 bits per heavy atom. The molecule has 1 saturated heterocycles. The zero-order chi connectivity index (χ0) is 28.1. The van der Waals surface area contributed by atoms with Gasteiger partial charge in [0.05, 0.1) is 39.7 Å². The Labute approximate surface area is 238 Å². The summed E-state index contributed by atoms with van der Waals surface area (Å²) < 4.78 is 12.1. The minimum absolute atomic E-state index is 0.0611. The molecule has 2 N–H and O–H groups in total. The van der Waals surface area contributed by atoms with Crippen molar-refractivity contribution in [1.29, 1.82) is 0 Å². The summed E-state index contributed by atoms with van der Waals surface area (Å²) in [6.45, 7) is 4.62. The maximum Gasteiger partial charge on any atom is 0.230 e. The second-order valence-electron chi connectivity index (χ2n) is 10.4. The Morgan fingerprint density at radius 3 is 2.75 bits per heavy atom. The maximum absolute atomic E-state index is 13.0. The van der Waals surface area contributed by atoms with Crippen molar-refractivity contribution < 1.29 is 19.4 Å². The van der Waals surface area contributed by atoms with E-state index in [1.165, 1.54) is 6.33 Å². The van der Waals surface area contributed by atoms with Gasteiger partial charge in [-0.25, -0.2) is 9.97 Å². The number of anilines is 2. The number of hydrogen-bond acceptors (Lipinski definition) is 8. The number of aromatic nitrogens is 3. The summed E-state index contributed by atoms with van der Waals surface area (Å²) >= 11 is 6.52. The summed E-state index contributed by atoms with van der Waals surface area (Å²) in [6.07, 6.45) is 4.95. The van der Waals surface area contributed by atoms with Gasteiger partial charge >= 0.3 is 0 Å². The molecule has 1 atom stereocenters. The normalized spacial score (nSPS) is 15.3. The van der Waals surface area contributed by atoms with Crippen LogP contribution in [0.2, 0.25) is 5.02 Å². The molecule has 1 aliphatic heterocycles. The minimum Gasteiger partial charge on any atom is -0.491 e. The maximum atomic E-state index is 13.0. The van der Waals surface area contributed by atoms with Crippen molar-refractivity contribution in [2.45, 2.75) is 39.3 Å². The van der Waals surface area contributed by atoms with Crippen LogP contribution in [-0.2, 0) is 11.4 Å². The van der Waals surface area contributed by atoms with Crippen molar-refractivity contribution in [2.24, 2.45) is 5.41 Å². The van der Waals surface area contributed by atoms with Gasteiger partial charge in [-0.1, -0.05) is 23.7 Å². The molecule has 4 aromatic rings. The van der Waals surface area contributed by atoms with E-state index in [0.717, 1.165) is 35.1 Å². The number of rotatable bonds is 10. The fourth-order valence-corrected chi connectivity index (χ4v) is 4.91. The van der Waals surface area contributed by atoms with E-state index in [1.807, 2.05) is 47.4 Å². The largest absolute Gasteiger partial charge is 0.491 e. The quantitative estimate of drug-likeness (QED) is 0.265. The lowest BCUT2D eigenvalue weighted by Crippen LogP contribution is -2.47. The Morgan fingerprint density at radius 2 is 1.98 bits per heavy atom. The summed E-state index contributed by atoms with van der Waals surface area (Å²) in [5.41, 5.74) is 1.43. The molecule has 5 rings (SSSR count). The van der Waals surface area contributed by atoms with E-state index in [4.69, 9.17) is 21.1 Å². The van der Waals surface area contributed by atoms with Gasteiger partial charge in [-0.05, 0) is 69.2 Å². The van der Waals surface area contributed by atoms with E-state index in [-0.39, 0.29) is 18.6 Å². The number of benzene rings is 2. The van der Waals surface area contributed by atoms with Crippen LogP contribution in [0.4, 0.5) is 11.5 Å². The molecule has 2 aromatic heterocycles. The Kier molecular flexibility index (Phi) is 8.32. The fraction of sp³-hybridized carbons (Fsp3) is 0.333. The first-order chi connectivity index (χ1) is 19.4. The standard InChI is InChI=1S/C30H32ClN5O4/c1-30(2,18-37)29(38)36-14-6-8-22(36)17-40-26-10-5-9-24-27(26)28(34-19-33-24)35-20-11-12-25(23(31)15-20)39-16-21-7-3-4-13-32-21/h3-5,7,9-13,15,19,22,37H,6,8,14,16-18H2,1-2H3,(H,33,34,35).